The Bertz CT molecular complexity index is 561. The smallest absolute Gasteiger partial charge is 0.130 e. The normalized spacial score (nSPS) is 12.2. The minimum absolute atomic E-state index is 0.163. The van der Waals surface area contributed by atoms with E-state index in [1.165, 1.54) is 11.1 Å². The summed E-state index contributed by atoms with van der Waals surface area (Å²) in [6.45, 7) is 6.14. The lowest BCUT2D eigenvalue weighted by Crippen LogP contribution is -2.17. The van der Waals surface area contributed by atoms with E-state index < -0.39 is 0 Å². The molecule has 0 aliphatic heterocycles. The van der Waals surface area contributed by atoms with Crippen LogP contribution in [0.3, 0.4) is 0 Å². The van der Waals surface area contributed by atoms with Crippen LogP contribution in [0.1, 0.15) is 23.6 Å². The zero-order valence-electron chi connectivity index (χ0n) is 11.8. The van der Waals surface area contributed by atoms with Gasteiger partial charge in [0.1, 0.15) is 11.5 Å². The van der Waals surface area contributed by atoms with Crippen molar-refractivity contribution in [2.24, 2.45) is 5.73 Å². The van der Waals surface area contributed by atoms with Crippen LogP contribution in [0.4, 0.5) is 0 Å². The van der Waals surface area contributed by atoms with Gasteiger partial charge < -0.3 is 10.5 Å². The molecule has 0 spiro atoms. The van der Waals surface area contributed by atoms with Crippen molar-refractivity contribution >= 4 is 0 Å². The minimum atomic E-state index is 0.163. The lowest BCUT2D eigenvalue weighted by molar-refractivity contribution is 0.477. The third-order valence-corrected chi connectivity index (χ3v) is 3.03. The molecule has 0 aliphatic carbocycles. The van der Waals surface area contributed by atoms with Gasteiger partial charge in [-0.2, -0.15) is 0 Å². The fourth-order valence-electron chi connectivity index (χ4n) is 2.05. The summed E-state index contributed by atoms with van der Waals surface area (Å²) in [7, 11) is 0. The van der Waals surface area contributed by atoms with E-state index >= 15 is 0 Å². The van der Waals surface area contributed by atoms with Crippen LogP contribution >= 0.6 is 0 Å². The van der Waals surface area contributed by atoms with Gasteiger partial charge in [0.25, 0.3) is 0 Å². The summed E-state index contributed by atoms with van der Waals surface area (Å²) in [6.07, 6.45) is 0.865. The molecule has 2 aromatic rings. The van der Waals surface area contributed by atoms with E-state index in [4.69, 9.17) is 10.5 Å². The Morgan fingerprint density at radius 2 is 1.89 bits per heavy atom. The van der Waals surface area contributed by atoms with E-state index in [0.717, 1.165) is 23.5 Å². The Balaban J connectivity index is 2.21. The van der Waals surface area contributed by atoms with Crippen LogP contribution in [-0.2, 0) is 6.42 Å². The van der Waals surface area contributed by atoms with Gasteiger partial charge in [-0.15, -0.1) is 0 Å². The molecule has 0 aromatic heterocycles. The van der Waals surface area contributed by atoms with Crippen molar-refractivity contribution in [1.29, 1.82) is 0 Å². The van der Waals surface area contributed by atoms with Gasteiger partial charge in [-0.1, -0.05) is 24.3 Å². The second kappa shape index (κ2) is 5.89. The first-order valence-electron chi connectivity index (χ1n) is 6.64. The number of aryl methyl sites for hydroxylation is 2. The molecule has 2 N–H and O–H groups in total. The summed E-state index contributed by atoms with van der Waals surface area (Å²) in [5.74, 6) is 1.78. The Hall–Kier alpha value is -1.80. The lowest BCUT2D eigenvalue weighted by atomic mass is 10.1. The van der Waals surface area contributed by atoms with E-state index in [1.54, 1.807) is 0 Å². The molecule has 0 bridgehead atoms. The van der Waals surface area contributed by atoms with Crippen molar-refractivity contribution < 1.29 is 4.74 Å². The molecule has 2 rings (SSSR count). The maximum Gasteiger partial charge on any atom is 0.130 e. The molecule has 0 fully saturated rings. The zero-order chi connectivity index (χ0) is 13.8. The van der Waals surface area contributed by atoms with Gasteiger partial charge >= 0.3 is 0 Å². The van der Waals surface area contributed by atoms with Gasteiger partial charge in [0.05, 0.1) is 0 Å². The molecular weight excluding hydrogens is 234 g/mol. The highest BCUT2D eigenvalue weighted by Crippen LogP contribution is 2.26. The number of nitrogens with two attached hydrogens (primary N) is 1. The average Bonchev–Trinajstić information content (AvgIpc) is 2.33. The molecule has 100 valence electrons. The molecule has 1 atom stereocenters. The van der Waals surface area contributed by atoms with Crippen molar-refractivity contribution in [3.63, 3.8) is 0 Å². The standard InChI is InChI=1S/C17H21NO/c1-12-7-8-13(2)17(9-12)19-16-6-4-5-15(11-16)10-14(3)18/h4-9,11,14H,10,18H2,1-3H3. The van der Waals surface area contributed by atoms with E-state index in [9.17, 15) is 0 Å². The highest BCUT2D eigenvalue weighted by Gasteiger charge is 2.04. The van der Waals surface area contributed by atoms with Crippen LogP contribution in [0, 0.1) is 13.8 Å². The zero-order valence-corrected chi connectivity index (χ0v) is 11.8. The number of benzene rings is 2. The van der Waals surface area contributed by atoms with E-state index in [1.807, 2.05) is 19.1 Å². The Morgan fingerprint density at radius 1 is 1.11 bits per heavy atom. The maximum atomic E-state index is 5.97. The van der Waals surface area contributed by atoms with Crippen molar-refractivity contribution in [3.8, 4) is 11.5 Å². The van der Waals surface area contributed by atoms with Crippen LogP contribution in [0.15, 0.2) is 42.5 Å². The highest BCUT2D eigenvalue weighted by atomic mass is 16.5. The lowest BCUT2D eigenvalue weighted by Gasteiger charge is -2.11. The fraction of sp³-hybridized carbons (Fsp3) is 0.294. The Kier molecular flexibility index (Phi) is 4.23. The molecule has 0 radical (unpaired) electrons. The number of hydrogen-bond donors (Lipinski definition) is 1. The summed E-state index contributed by atoms with van der Waals surface area (Å²) >= 11 is 0. The van der Waals surface area contributed by atoms with Gasteiger partial charge in [-0.05, 0) is 62.1 Å². The van der Waals surface area contributed by atoms with Crippen molar-refractivity contribution in [2.45, 2.75) is 33.2 Å². The van der Waals surface area contributed by atoms with Gasteiger partial charge in [-0.3, -0.25) is 0 Å². The number of ether oxygens (including phenoxy) is 1. The SMILES string of the molecule is Cc1ccc(C)c(Oc2cccc(CC(C)N)c2)c1. The number of hydrogen-bond acceptors (Lipinski definition) is 2. The molecule has 2 heteroatoms. The van der Waals surface area contributed by atoms with Crippen molar-refractivity contribution in [3.05, 3.63) is 59.2 Å². The third-order valence-electron chi connectivity index (χ3n) is 3.03. The van der Waals surface area contributed by atoms with Crippen LogP contribution in [0.25, 0.3) is 0 Å². The van der Waals surface area contributed by atoms with Gasteiger partial charge in [-0.25, -0.2) is 0 Å². The molecular formula is C17H21NO. The first-order chi connectivity index (χ1) is 9.04. The molecule has 0 heterocycles. The molecule has 19 heavy (non-hydrogen) atoms. The summed E-state index contributed by atoms with van der Waals surface area (Å²) < 4.78 is 5.97. The van der Waals surface area contributed by atoms with Gasteiger partial charge in [0.2, 0.25) is 0 Å². The predicted octanol–water partition coefficient (Wildman–Crippen LogP) is 3.99. The van der Waals surface area contributed by atoms with Crippen LogP contribution in [0.5, 0.6) is 11.5 Å². The Morgan fingerprint density at radius 3 is 2.63 bits per heavy atom. The largest absolute Gasteiger partial charge is 0.457 e. The molecule has 1 unspecified atom stereocenters. The summed E-state index contributed by atoms with van der Waals surface area (Å²) in [4.78, 5) is 0. The van der Waals surface area contributed by atoms with E-state index in [2.05, 4.69) is 44.2 Å². The van der Waals surface area contributed by atoms with E-state index in [0.29, 0.717) is 0 Å². The first-order valence-corrected chi connectivity index (χ1v) is 6.64. The van der Waals surface area contributed by atoms with E-state index in [-0.39, 0.29) is 6.04 Å². The quantitative estimate of drug-likeness (QED) is 0.896. The highest BCUT2D eigenvalue weighted by molar-refractivity contribution is 5.40. The Labute approximate surface area is 115 Å². The monoisotopic (exact) mass is 255 g/mol. The van der Waals surface area contributed by atoms with Crippen LogP contribution in [-0.4, -0.2) is 6.04 Å². The van der Waals surface area contributed by atoms with Crippen LogP contribution in [0.2, 0.25) is 0 Å². The summed E-state index contributed by atoms with van der Waals surface area (Å²) in [5, 5.41) is 0. The molecule has 2 nitrogen and oxygen atoms in total. The summed E-state index contributed by atoms with van der Waals surface area (Å²) in [5.41, 5.74) is 9.38. The molecule has 0 aliphatic rings. The minimum Gasteiger partial charge on any atom is -0.457 e. The fourth-order valence-corrected chi connectivity index (χ4v) is 2.05. The third kappa shape index (κ3) is 3.83. The molecule has 0 saturated carbocycles. The second-order valence-electron chi connectivity index (χ2n) is 5.20. The topological polar surface area (TPSA) is 35.2 Å². The molecule has 2 aromatic carbocycles. The van der Waals surface area contributed by atoms with Gasteiger partial charge in [0.15, 0.2) is 0 Å². The van der Waals surface area contributed by atoms with Crippen LogP contribution < -0.4 is 10.5 Å². The molecule has 0 amide bonds. The van der Waals surface area contributed by atoms with Crippen molar-refractivity contribution in [2.75, 3.05) is 0 Å². The second-order valence-corrected chi connectivity index (χ2v) is 5.20. The number of rotatable bonds is 4. The average molecular weight is 255 g/mol. The summed E-state index contributed by atoms with van der Waals surface area (Å²) in [6, 6.07) is 14.5. The van der Waals surface area contributed by atoms with Crippen molar-refractivity contribution in [1.82, 2.24) is 0 Å². The van der Waals surface area contributed by atoms with Gasteiger partial charge in [0, 0.05) is 6.04 Å². The maximum absolute atomic E-state index is 5.97. The first kappa shape index (κ1) is 13.6. The molecule has 0 saturated heterocycles. The predicted molar refractivity (Wildman–Crippen MR) is 79.8 cm³/mol.